The van der Waals surface area contributed by atoms with Crippen molar-refractivity contribution in [2.75, 3.05) is 10.5 Å². The molecular formula is C20H28N2O3S. The predicted octanol–water partition coefficient (Wildman–Crippen LogP) is 4.37. The van der Waals surface area contributed by atoms with Crippen LogP contribution in [-0.2, 0) is 20.9 Å². The summed E-state index contributed by atoms with van der Waals surface area (Å²) in [6, 6.07) is 9.42. The first-order chi connectivity index (χ1) is 11.7. The zero-order valence-corrected chi connectivity index (χ0v) is 17.0. The Kier molecular flexibility index (Phi) is 5.03. The van der Waals surface area contributed by atoms with Crippen molar-refractivity contribution in [1.29, 1.82) is 0 Å². The lowest BCUT2D eigenvalue weighted by atomic mass is 9.79. The van der Waals surface area contributed by atoms with Gasteiger partial charge in [-0.15, -0.1) is 0 Å². The third-order valence-electron chi connectivity index (χ3n) is 4.17. The van der Waals surface area contributed by atoms with Gasteiger partial charge in [0.25, 0.3) is 10.0 Å². The van der Waals surface area contributed by atoms with Crippen LogP contribution in [0.5, 0.6) is 5.75 Å². The monoisotopic (exact) mass is 376 g/mol. The van der Waals surface area contributed by atoms with Crippen LogP contribution in [0.4, 0.5) is 11.4 Å². The minimum absolute atomic E-state index is 0.134. The highest BCUT2D eigenvalue weighted by molar-refractivity contribution is 7.92. The van der Waals surface area contributed by atoms with Gasteiger partial charge in [0.15, 0.2) is 0 Å². The Morgan fingerprint density at radius 1 is 0.885 bits per heavy atom. The van der Waals surface area contributed by atoms with E-state index in [-0.39, 0.29) is 21.5 Å². The van der Waals surface area contributed by atoms with E-state index in [4.69, 9.17) is 5.73 Å². The highest BCUT2D eigenvalue weighted by atomic mass is 32.2. The second kappa shape index (κ2) is 6.50. The van der Waals surface area contributed by atoms with Crippen molar-refractivity contribution in [2.24, 2.45) is 0 Å². The summed E-state index contributed by atoms with van der Waals surface area (Å²) < 4.78 is 28.0. The zero-order valence-electron chi connectivity index (χ0n) is 16.2. The second-order valence-electron chi connectivity index (χ2n) is 8.59. The summed E-state index contributed by atoms with van der Waals surface area (Å²) in [5.74, 6) is 0.209. The molecule has 0 atom stereocenters. The number of phenolic OH excluding ortho intramolecular Hbond substituents is 1. The fraction of sp³-hybridized carbons (Fsp3) is 0.400. The van der Waals surface area contributed by atoms with Crippen LogP contribution in [0.25, 0.3) is 0 Å². The second-order valence-corrected chi connectivity index (χ2v) is 10.3. The summed E-state index contributed by atoms with van der Waals surface area (Å²) in [4.78, 5) is 0.134. The maximum Gasteiger partial charge on any atom is 0.261 e. The van der Waals surface area contributed by atoms with Crippen LogP contribution in [0.15, 0.2) is 41.3 Å². The summed E-state index contributed by atoms with van der Waals surface area (Å²) in [5.41, 5.74) is 7.26. The molecule has 26 heavy (non-hydrogen) atoms. The number of anilines is 2. The van der Waals surface area contributed by atoms with Crippen molar-refractivity contribution < 1.29 is 13.5 Å². The van der Waals surface area contributed by atoms with Gasteiger partial charge in [-0.3, -0.25) is 4.72 Å². The van der Waals surface area contributed by atoms with Gasteiger partial charge in [-0.05, 0) is 47.2 Å². The van der Waals surface area contributed by atoms with Gasteiger partial charge >= 0.3 is 0 Å². The van der Waals surface area contributed by atoms with Crippen LogP contribution in [0, 0.1) is 0 Å². The van der Waals surface area contributed by atoms with Gasteiger partial charge in [0.05, 0.1) is 4.90 Å². The van der Waals surface area contributed by atoms with Gasteiger partial charge < -0.3 is 10.8 Å². The van der Waals surface area contributed by atoms with Gasteiger partial charge in [-0.1, -0.05) is 41.5 Å². The van der Waals surface area contributed by atoms with E-state index < -0.39 is 10.0 Å². The largest absolute Gasteiger partial charge is 0.507 e. The number of hydrogen-bond acceptors (Lipinski definition) is 4. The number of rotatable bonds is 3. The first kappa shape index (κ1) is 20.1. The number of aromatic hydroxyl groups is 1. The van der Waals surface area contributed by atoms with Crippen LogP contribution in [-0.4, -0.2) is 13.5 Å². The fourth-order valence-corrected chi connectivity index (χ4v) is 3.74. The Bertz CT molecular complexity index is 869. The molecule has 0 amide bonds. The number of sulfonamides is 1. The SMILES string of the molecule is CC(C)(C)c1cc(NS(=O)(=O)c2ccc(N)cc2)cc(C(C)(C)C)c1O. The molecule has 0 bridgehead atoms. The Morgan fingerprint density at radius 3 is 1.69 bits per heavy atom. The first-order valence-electron chi connectivity index (χ1n) is 8.48. The number of benzene rings is 2. The first-order valence-corrected chi connectivity index (χ1v) is 9.96. The lowest BCUT2D eigenvalue weighted by molar-refractivity contribution is 0.423. The maximum absolute atomic E-state index is 12.7. The summed E-state index contributed by atoms with van der Waals surface area (Å²) in [5, 5.41) is 10.7. The molecule has 0 aliphatic rings. The predicted molar refractivity (Wildman–Crippen MR) is 107 cm³/mol. The summed E-state index contributed by atoms with van der Waals surface area (Å²) >= 11 is 0. The van der Waals surface area contributed by atoms with Crippen molar-refractivity contribution >= 4 is 21.4 Å². The van der Waals surface area contributed by atoms with E-state index >= 15 is 0 Å². The van der Waals surface area contributed by atoms with Gasteiger partial charge in [0.1, 0.15) is 5.75 Å². The molecule has 6 heteroatoms. The average molecular weight is 377 g/mol. The van der Waals surface area contributed by atoms with Crippen LogP contribution >= 0.6 is 0 Å². The molecule has 0 spiro atoms. The molecule has 0 aliphatic heterocycles. The molecule has 2 aromatic carbocycles. The van der Waals surface area contributed by atoms with Gasteiger partial charge in [-0.25, -0.2) is 8.42 Å². The van der Waals surface area contributed by atoms with E-state index in [9.17, 15) is 13.5 Å². The molecule has 5 nitrogen and oxygen atoms in total. The van der Waals surface area contributed by atoms with Crippen molar-refractivity contribution in [1.82, 2.24) is 0 Å². The molecular weight excluding hydrogens is 348 g/mol. The topological polar surface area (TPSA) is 92.4 Å². The molecule has 0 radical (unpaired) electrons. The summed E-state index contributed by atoms with van der Waals surface area (Å²) in [7, 11) is -3.75. The van der Waals surface area contributed by atoms with E-state index in [1.165, 1.54) is 12.1 Å². The molecule has 0 aliphatic carbocycles. The molecule has 2 aromatic rings. The third-order valence-corrected chi connectivity index (χ3v) is 5.57. The lowest BCUT2D eigenvalue weighted by Crippen LogP contribution is -2.19. The van der Waals surface area contributed by atoms with Crippen molar-refractivity contribution in [3.63, 3.8) is 0 Å². The molecule has 0 unspecified atom stereocenters. The van der Waals surface area contributed by atoms with E-state index in [0.717, 1.165) is 0 Å². The summed E-state index contributed by atoms with van der Waals surface area (Å²) in [6.45, 7) is 11.9. The van der Waals surface area contributed by atoms with Gasteiger partial charge in [-0.2, -0.15) is 0 Å². The fourth-order valence-electron chi connectivity index (χ4n) is 2.70. The van der Waals surface area contributed by atoms with Crippen LogP contribution in [0.3, 0.4) is 0 Å². The Morgan fingerprint density at radius 2 is 1.31 bits per heavy atom. The molecule has 4 N–H and O–H groups in total. The van der Waals surface area contributed by atoms with Gasteiger partial charge in [0, 0.05) is 22.5 Å². The van der Waals surface area contributed by atoms with E-state index in [2.05, 4.69) is 4.72 Å². The Balaban J connectivity index is 2.57. The minimum atomic E-state index is -3.75. The minimum Gasteiger partial charge on any atom is -0.507 e. The molecule has 142 valence electrons. The van der Waals surface area contributed by atoms with Gasteiger partial charge in [0.2, 0.25) is 0 Å². The Labute approximate surface area is 156 Å². The molecule has 0 saturated carbocycles. The number of nitrogens with one attached hydrogen (secondary N) is 1. The van der Waals surface area contributed by atoms with Crippen LogP contribution < -0.4 is 10.5 Å². The Hall–Kier alpha value is -2.21. The molecule has 0 aromatic heterocycles. The normalized spacial score (nSPS) is 12.8. The van der Waals surface area contributed by atoms with Crippen LogP contribution in [0.2, 0.25) is 0 Å². The number of hydrogen-bond donors (Lipinski definition) is 3. The van der Waals surface area contributed by atoms with Crippen molar-refractivity contribution in [2.45, 2.75) is 57.3 Å². The average Bonchev–Trinajstić information content (AvgIpc) is 2.46. The van der Waals surface area contributed by atoms with Crippen molar-refractivity contribution in [3.05, 3.63) is 47.5 Å². The zero-order chi connectivity index (χ0) is 19.9. The van der Waals surface area contributed by atoms with E-state index in [1.54, 1.807) is 24.3 Å². The lowest BCUT2D eigenvalue weighted by Gasteiger charge is -2.28. The summed E-state index contributed by atoms with van der Waals surface area (Å²) in [6.07, 6.45) is 0. The molecule has 0 fully saturated rings. The van der Waals surface area contributed by atoms with E-state index in [1.807, 2.05) is 41.5 Å². The standard InChI is InChI=1S/C20H28N2O3S/c1-19(2,3)16-11-14(12-17(18(16)23)20(4,5)6)22-26(24,25)15-9-7-13(21)8-10-15/h7-12,22-23H,21H2,1-6H3. The number of nitrogen functional groups attached to an aromatic ring is 1. The highest BCUT2D eigenvalue weighted by Crippen LogP contribution is 2.41. The quantitative estimate of drug-likeness (QED) is 0.548. The molecule has 0 heterocycles. The van der Waals surface area contributed by atoms with Crippen molar-refractivity contribution in [3.8, 4) is 5.75 Å². The highest BCUT2D eigenvalue weighted by Gasteiger charge is 2.27. The smallest absolute Gasteiger partial charge is 0.261 e. The third kappa shape index (κ3) is 4.30. The van der Waals surface area contributed by atoms with E-state index in [0.29, 0.717) is 22.5 Å². The maximum atomic E-state index is 12.7. The molecule has 2 rings (SSSR count). The number of phenols is 1. The van der Waals surface area contributed by atoms with Crippen LogP contribution in [0.1, 0.15) is 52.7 Å². The number of nitrogens with two attached hydrogens (primary N) is 1. The molecule has 0 saturated heterocycles.